The van der Waals surface area contributed by atoms with Gasteiger partial charge in [-0.15, -0.1) is 0 Å². The van der Waals surface area contributed by atoms with E-state index in [2.05, 4.69) is 25.4 Å². The van der Waals surface area contributed by atoms with Crippen LogP contribution in [0.25, 0.3) is 11.0 Å². The SMILES string of the molecule is CCc1nc2n(n1)CCC[C@H]2NC(=O)c1cnc2[nH]ccc2c1. The van der Waals surface area contributed by atoms with Crippen molar-refractivity contribution in [2.45, 2.75) is 38.8 Å². The summed E-state index contributed by atoms with van der Waals surface area (Å²) in [6.45, 7) is 2.90. The van der Waals surface area contributed by atoms with E-state index in [0.29, 0.717) is 5.56 Å². The fraction of sp³-hybridized carbons (Fsp3) is 0.375. The van der Waals surface area contributed by atoms with Crippen LogP contribution in [0.3, 0.4) is 0 Å². The number of hydrogen-bond donors (Lipinski definition) is 2. The lowest BCUT2D eigenvalue weighted by Gasteiger charge is -2.23. The van der Waals surface area contributed by atoms with Crippen LogP contribution in [0, 0.1) is 0 Å². The average molecular weight is 310 g/mol. The number of amides is 1. The first-order valence-corrected chi connectivity index (χ1v) is 7.92. The van der Waals surface area contributed by atoms with E-state index in [1.54, 1.807) is 6.20 Å². The lowest BCUT2D eigenvalue weighted by atomic mass is 10.1. The van der Waals surface area contributed by atoms with Crippen LogP contribution in [0.2, 0.25) is 0 Å². The van der Waals surface area contributed by atoms with Crippen molar-refractivity contribution < 1.29 is 4.79 Å². The fourth-order valence-electron chi connectivity index (χ4n) is 2.99. The normalized spacial score (nSPS) is 17.2. The predicted octanol–water partition coefficient (Wildman–Crippen LogP) is 1.98. The van der Waals surface area contributed by atoms with Crippen LogP contribution in [-0.2, 0) is 13.0 Å². The summed E-state index contributed by atoms with van der Waals surface area (Å²) in [4.78, 5) is 24.4. The highest BCUT2D eigenvalue weighted by Crippen LogP contribution is 2.24. The molecule has 1 aliphatic rings. The zero-order valence-electron chi connectivity index (χ0n) is 12.9. The molecule has 3 aromatic heterocycles. The molecule has 0 spiro atoms. The van der Waals surface area contributed by atoms with Gasteiger partial charge in [-0.2, -0.15) is 5.10 Å². The van der Waals surface area contributed by atoms with Gasteiger partial charge >= 0.3 is 0 Å². The zero-order chi connectivity index (χ0) is 15.8. The van der Waals surface area contributed by atoms with Crippen LogP contribution in [0.4, 0.5) is 0 Å². The molecule has 4 rings (SSSR count). The monoisotopic (exact) mass is 310 g/mol. The summed E-state index contributed by atoms with van der Waals surface area (Å²) in [5.41, 5.74) is 1.34. The molecule has 1 aliphatic heterocycles. The molecule has 118 valence electrons. The van der Waals surface area contributed by atoms with Crippen LogP contribution in [-0.4, -0.2) is 30.6 Å². The molecule has 0 fully saturated rings. The minimum atomic E-state index is -0.125. The van der Waals surface area contributed by atoms with E-state index in [0.717, 1.165) is 48.5 Å². The number of aryl methyl sites for hydroxylation is 2. The summed E-state index contributed by atoms with van der Waals surface area (Å²) >= 11 is 0. The number of carbonyl (C=O) groups excluding carboxylic acids is 1. The molecule has 7 heteroatoms. The van der Waals surface area contributed by atoms with Gasteiger partial charge in [-0.1, -0.05) is 6.92 Å². The first kappa shape index (κ1) is 13.9. The highest BCUT2D eigenvalue weighted by atomic mass is 16.1. The number of H-pyrrole nitrogens is 1. The number of carbonyl (C=O) groups is 1. The highest BCUT2D eigenvalue weighted by Gasteiger charge is 2.25. The van der Waals surface area contributed by atoms with Crippen LogP contribution in [0.15, 0.2) is 24.5 Å². The van der Waals surface area contributed by atoms with Crippen LogP contribution in [0.1, 0.15) is 47.8 Å². The van der Waals surface area contributed by atoms with E-state index in [-0.39, 0.29) is 11.9 Å². The average Bonchev–Trinajstić information content (AvgIpc) is 3.20. The number of fused-ring (bicyclic) bond motifs is 2. The van der Waals surface area contributed by atoms with Crippen molar-refractivity contribution in [2.24, 2.45) is 0 Å². The Labute approximate surface area is 133 Å². The number of rotatable bonds is 3. The predicted molar refractivity (Wildman–Crippen MR) is 84.9 cm³/mol. The van der Waals surface area contributed by atoms with Crippen LogP contribution in [0.5, 0.6) is 0 Å². The van der Waals surface area contributed by atoms with E-state index in [1.165, 1.54) is 0 Å². The van der Waals surface area contributed by atoms with Gasteiger partial charge in [-0.3, -0.25) is 4.79 Å². The standard InChI is InChI=1S/C16H18N6O/c1-2-13-20-15-12(4-3-7-22(15)21-13)19-16(23)11-8-10-5-6-17-14(10)18-9-11/h5-6,8-9,12H,2-4,7H2,1H3,(H,17,18)(H,19,23)/t12-/m1/s1. The Kier molecular flexibility index (Phi) is 3.33. The molecule has 4 heterocycles. The quantitative estimate of drug-likeness (QED) is 0.774. The van der Waals surface area contributed by atoms with E-state index < -0.39 is 0 Å². The van der Waals surface area contributed by atoms with Gasteiger partial charge in [0.2, 0.25) is 0 Å². The van der Waals surface area contributed by atoms with Crippen molar-refractivity contribution >= 4 is 16.9 Å². The first-order valence-electron chi connectivity index (χ1n) is 7.92. The molecule has 1 atom stereocenters. The van der Waals surface area contributed by atoms with Crippen LogP contribution < -0.4 is 5.32 Å². The Hall–Kier alpha value is -2.70. The Morgan fingerprint density at radius 2 is 2.43 bits per heavy atom. The van der Waals surface area contributed by atoms with Crippen molar-refractivity contribution in [1.82, 2.24) is 30.0 Å². The van der Waals surface area contributed by atoms with E-state index in [4.69, 9.17) is 0 Å². The third-order valence-corrected chi connectivity index (χ3v) is 4.20. The van der Waals surface area contributed by atoms with Gasteiger partial charge in [0.15, 0.2) is 5.82 Å². The van der Waals surface area contributed by atoms with Crippen molar-refractivity contribution in [1.29, 1.82) is 0 Å². The molecule has 0 aromatic carbocycles. The first-order chi connectivity index (χ1) is 11.2. The maximum absolute atomic E-state index is 12.5. The van der Waals surface area contributed by atoms with Gasteiger partial charge in [0.1, 0.15) is 11.5 Å². The molecule has 7 nitrogen and oxygen atoms in total. The third kappa shape index (κ3) is 2.48. The molecular formula is C16H18N6O. The van der Waals surface area contributed by atoms with Gasteiger partial charge in [-0.25, -0.2) is 14.6 Å². The minimum Gasteiger partial charge on any atom is -0.346 e. The molecule has 23 heavy (non-hydrogen) atoms. The lowest BCUT2D eigenvalue weighted by molar-refractivity contribution is 0.0927. The number of aromatic amines is 1. The smallest absolute Gasteiger partial charge is 0.253 e. The fourth-order valence-corrected chi connectivity index (χ4v) is 2.99. The zero-order valence-corrected chi connectivity index (χ0v) is 12.9. The van der Waals surface area contributed by atoms with Crippen LogP contribution >= 0.6 is 0 Å². The molecule has 0 radical (unpaired) electrons. The molecule has 0 saturated carbocycles. The Morgan fingerprint density at radius 3 is 3.30 bits per heavy atom. The topological polar surface area (TPSA) is 88.5 Å². The molecule has 2 N–H and O–H groups in total. The van der Waals surface area contributed by atoms with Gasteiger partial charge in [0.05, 0.1) is 11.6 Å². The van der Waals surface area contributed by atoms with Gasteiger partial charge < -0.3 is 10.3 Å². The Morgan fingerprint density at radius 1 is 1.52 bits per heavy atom. The van der Waals surface area contributed by atoms with Crippen molar-refractivity contribution in [2.75, 3.05) is 0 Å². The summed E-state index contributed by atoms with van der Waals surface area (Å²) in [5.74, 6) is 1.56. The summed E-state index contributed by atoms with van der Waals surface area (Å²) in [5, 5.41) is 8.47. The van der Waals surface area contributed by atoms with Gasteiger partial charge in [-0.05, 0) is 25.0 Å². The Bertz CT molecular complexity index is 864. The molecule has 0 bridgehead atoms. The minimum absolute atomic E-state index is 0.0917. The van der Waals surface area contributed by atoms with Crippen molar-refractivity contribution in [3.8, 4) is 0 Å². The molecule has 3 aromatic rings. The van der Waals surface area contributed by atoms with E-state index in [9.17, 15) is 4.79 Å². The van der Waals surface area contributed by atoms with Crippen molar-refractivity contribution in [3.63, 3.8) is 0 Å². The third-order valence-electron chi connectivity index (χ3n) is 4.20. The lowest BCUT2D eigenvalue weighted by Crippen LogP contribution is -2.33. The second kappa shape index (κ2) is 5.49. The second-order valence-corrected chi connectivity index (χ2v) is 5.77. The number of hydrogen-bond acceptors (Lipinski definition) is 4. The molecule has 1 amide bonds. The van der Waals surface area contributed by atoms with E-state index >= 15 is 0 Å². The number of pyridine rings is 1. The van der Waals surface area contributed by atoms with Gasteiger partial charge in [0.25, 0.3) is 5.91 Å². The number of aromatic nitrogens is 5. The maximum Gasteiger partial charge on any atom is 0.253 e. The van der Waals surface area contributed by atoms with Gasteiger partial charge in [0, 0.05) is 30.7 Å². The molecule has 0 saturated heterocycles. The van der Waals surface area contributed by atoms with E-state index in [1.807, 2.05) is 29.9 Å². The summed E-state index contributed by atoms with van der Waals surface area (Å²) in [7, 11) is 0. The maximum atomic E-state index is 12.5. The molecular weight excluding hydrogens is 292 g/mol. The number of nitrogens with zero attached hydrogens (tertiary/aromatic N) is 4. The summed E-state index contributed by atoms with van der Waals surface area (Å²) < 4.78 is 1.92. The highest BCUT2D eigenvalue weighted by molar-refractivity contribution is 5.97. The van der Waals surface area contributed by atoms with Crippen molar-refractivity contribution in [3.05, 3.63) is 41.7 Å². The summed E-state index contributed by atoms with van der Waals surface area (Å²) in [6, 6.07) is 3.66. The summed E-state index contributed by atoms with van der Waals surface area (Å²) in [6.07, 6.45) is 6.08. The number of nitrogens with one attached hydrogen (secondary N) is 2. The Balaban J connectivity index is 1.58. The second-order valence-electron chi connectivity index (χ2n) is 5.77. The largest absolute Gasteiger partial charge is 0.346 e. The molecule has 0 unspecified atom stereocenters. The molecule has 0 aliphatic carbocycles.